The van der Waals surface area contributed by atoms with Gasteiger partial charge in [-0.1, -0.05) is 152 Å². The number of hydrogen-bond donors (Lipinski definition) is 1. The van der Waals surface area contributed by atoms with Gasteiger partial charge in [-0.25, -0.2) is 23.4 Å². The lowest BCUT2D eigenvalue weighted by Crippen LogP contribution is -2.68. The number of aromatic amines is 1. The van der Waals surface area contributed by atoms with Gasteiger partial charge >= 0.3 is 5.97 Å². The summed E-state index contributed by atoms with van der Waals surface area (Å²) in [5, 5.41) is 16.7. The molecule has 8 aromatic carbocycles. The normalized spacial score (nSPS) is 13.4. The summed E-state index contributed by atoms with van der Waals surface area (Å²) in [5.41, 5.74) is 6.61. The molecule has 74 heavy (non-hydrogen) atoms. The van der Waals surface area contributed by atoms with E-state index in [0.29, 0.717) is 29.1 Å². The second-order valence-electron chi connectivity index (χ2n) is 17.2. The number of ether oxygens (including phenoxy) is 1. The van der Waals surface area contributed by atoms with Gasteiger partial charge in [-0.3, -0.25) is 19.9 Å². The zero-order valence-electron chi connectivity index (χ0n) is 39.5. The number of fused-ring (bicyclic) bond motifs is 1. The third-order valence-corrected chi connectivity index (χ3v) is 16.8. The van der Waals surface area contributed by atoms with Crippen molar-refractivity contribution in [2.24, 2.45) is 4.99 Å². The lowest BCUT2D eigenvalue weighted by Gasteiger charge is -2.27. The number of aromatic nitrogens is 1. The van der Waals surface area contributed by atoms with E-state index in [4.69, 9.17) is 28.4 Å². The van der Waals surface area contributed by atoms with Crippen molar-refractivity contribution in [1.82, 2.24) is 4.98 Å². The van der Waals surface area contributed by atoms with Gasteiger partial charge in [0.1, 0.15) is 46.8 Å². The number of H-pyrrole nitrogens is 1. The first-order chi connectivity index (χ1) is 35.8. The first kappa shape index (κ1) is 50.5. The molecular weight excluding hydrogens is 975 g/mol. The molecular formula is C59H46ClN4O9P. The molecule has 15 heteroatoms. The quantitative estimate of drug-likeness (QED) is 0.0603. The fourth-order valence-electron chi connectivity index (χ4n) is 9.13. The van der Waals surface area contributed by atoms with E-state index in [0.717, 1.165) is 27.8 Å². The fraction of sp³-hybridized carbons (Fsp3) is 0.0678. The molecule has 0 saturated heterocycles. The van der Waals surface area contributed by atoms with Gasteiger partial charge in [0.25, 0.3) is 11.6 Å². The Morgan fingerprint density at radius 3 is 1.50 bits per heavy atom. The minimum absolute atomic E-state index is 0.00900. The maximum Gasteiger partial charge on any atom is 0.355 e. The van der Waals surface area contributed by atoms with Crippen molar-refractivity contribution in [2.75, 3.05) is 4.90 Å². The van der Waals surface area contributed by atoms with Gasteiger partial charge < -0.3 is 14.6 Å². The van der Waals surface area contributed by atoms with Crippen LogP contribution in [0.4, 0.5) is 11.4 Å². The number of carbonyl (C=O) groups is 2. The summed E-state index contributed by atoms with van der Waals surface area (Å²) in [6, 6.07) is 75.5. The molecule has 0 bridgehead atoms. The van der Waals surface area contributed by atoms with E-state index in [1.165, 1.54) is 33.4 Å². The van der Waals surface area contributed by atoms with Crippen molar-refractivity contribution in [3.63, 3.8) is 0 Å². The first-order valence-corrected chi connectivity index (χ1v) is 26.4. The molecule has 13 nitrogen and oxygen atoms in total. The summed E-state index contributed by atoms with van der Waals surface area (Å²) in [7, 11) is -7.18. The Balaban J connectivity index is 0.00000128. The van der Waals surface area contributed by atoms with Crippen LogP contribution in [0.3, 0.4) is 0 Å². The lowest BCUT2D eigenvalue weighted by molar-refractivity contribution is -2.00. The number of halogens is 1. The van der Waals surface area contributed by atoms with E-state index in [9.17, 15) is 19.7 Å². The molecule has 0 fully saturated rings. The van der Waals surface area contributed by atoms with Crippen LogP contribution in [0.2, 0.25) is 0 Å². The van der Waals surface area contributed by atoms with Crippen LogP contribution in [-0.4, -0.2) is 33.5 Å². The largest absolute Gasteiger partial charge is 0.456 e. The molecule has 1 atom stereocenters. The minimum Gasteiger partial charge on any atom is -0.456 e. The minimum atomic E-state index is -4.94. The van der Waals surface area contributed by atoms with Crippen molar-refractivity contribution in [3.8, 4) is 11.1 Å². The third kappa shape index (κ3) is 11.6. The van der Waals surface area contributed by atoms with Gasteiger partial charge in [0.15, 0.2) is 0 Å². The molecule has 2 heterocycles. The summed E-state index contributed by atoms with van der Waals surface area (Å²) in [6.07, 6.45) is 0.323. The van der Waals surface area contributed by atoms with Crippen molar-refractivity contribution in [1.29, 1.82) is 0 Å². The van der Waals surface area contributed by atoms with E-state index < -0.39 is 34.4 Å². The van der Waals surface area contributed by atoms with Crippen LogP contribution in [0.5, 0.6) is 0 Å². The predicted molar refractivity (Wildman–Crippen MR) is 277 cm³/mol. The molecule has 9 aromatic rings. The van der Waals surface area contributed by atoms with Crippen LogP contribution >= 0.6 is 7.26 Å². The number of carbonyl (C=O) groups excluding carboxylic acids is 2. The standard InChI is InChI=1S/C59H45N4O5P.ClHO4/c64-58-53(38-42-16-6-1-7-17-42)60-56(47-30-34-48(35-31-47)63(66)67)57-55(62(58)40-43-18-8-2-9-19-43)39-54(61-57)59(65)68-41-44-26-28-45(29-27-44)46-32-36-52(37-33-46)69(49-20-10-3-11-21-49,50-22-12-4-13-23-50)51-24-14-5-15-25-51;2-1(3,4)5/h1-37,39,53H,38,40-41H2;(H,2,3,4,5)/t53-;/m0./s1. The number of esters is 1. The van der Waals surface area contributed by atoms with E-state index in [1.807, 2.05) is 84.9 Å². The summed E-state index contributed by atoms with van der Waals surface area (Å²) in [4.78, 5) is 49.8. The smallest absolute Gasteiger partial charge is 0.355 e. The Bertz CT molecular complexity index is 3280. The van der Waals surface area contributed by atoms with Crippen molar-refractivity contribution in [3.05, 3.63) is 274 Å². The Kier molecular flexibility index (Phi) is 15.4. The Hall–Kier alpha value is -8.39. The number of rotatable bonds is 14. The average Bonchev–Trinajstić information content (AvgIpc) is 3.84. The van der Waals surface area contributed by atoms with Crippen LogP contribution in [-0.2, 0) is 29.1 Å². The molecule has 1 aliphatic heterocycles. The topological polar surface area (TPSA) is 210 Å². The fourth-order valence-corrected chi connectivity index (χ4v) is 13.4. The second kappa shape index (κ2) is 22.6. The molecule has 0 saturated carbocycles. The third-order valence-electron chi connectivity index (χ3n) is 12.5. The number of amides is 1. The van der Waals surface area contributed by atoms with Crippen LogP contribution in [0.1, 0.15) is 38.4 Å². The molecule has 1 amide bonds. The highest BCUT2D eigenvalue weighted by molar-refractivity contribution is 8.01. The summed E-state index contributed by atoms with van der Waals surface area (Å²) in [5.74, 6) is -0.861. The summed E-state index contributed by atoms with van der Waals surface area (Å²) in [6.45, 7) is 0.229. The number of nitro groups is 1. The molecule has 368 valence electrons. The molecule has 1 aromatic heterocycles. The van der Waals surface area contributed by atoms with Crippen LogP contribution in [0.15, 0.2) is 236 Å². The first-order valence-electron chi connectivity index (χ1n) is 23.3. The monoisotopic (exact) mass is 1020 g/mol. The van der Waals surface area contributed by atoms with E-state index in [1.54, 1.807) is 23.1 Å². The average molecular weight is 1020 g/mol. The molecule has 0 aliphatic carbocycles. The van der Waals surface area contributed by atoms with E-state index >= 15 is 0 Å². The number of non-ortho nitro benzene ring substituents is 1. The second-order valence-corrected chi connectivity index (χ2v) is 21.4. The van der Waals surface area contributed by atoms with Gasteiger partial charge in [0.2, 0.25) is 0 Å². The zero-order chi connectivity index (χ0) is 51.7. The van der Waals surface area contributed by atoms with Crippen LogP contribution in [0, 0.1) is 20.4 Å². The number of nitro benzene ring substituents is 1. The Labute approximate surface area is 429 Å². The Morgan fingerprint density at radius 1 is 0.581 bits per heavy atom. The molecule has 1 N–H and O–H groups in total. The molecule has 0 spiro atoms. The van der Waals surface area contributed by atoms with Gasteiger partial charge in [0.05, 0.1) is 28.6 Å². The highest BCUT2D eigenvalue weighted by Crippen LogP contribution is 2.54. The number of nitrogens with one attached hydrogen (secondary N) is 1. The van der Waals surface area contributed by atoms with Crippen LogP contribution in [0.25, 0.3) is 11.1 Å². The van der Waals surface area contributed by atoms with E-state index in [-0.39, 0.29) is 30.4 Å². The van der Waals surface area contributed by atoms with Crippen LogP contribution < -0.4 is 44.8 Å². The number of nitrogens with zero attached hydrogens (tertiary/aromatic N) is 3. The maximum absolute atomic E-state index is 14.7. The van der Waals surface area contributed by atoms with E-state index in [2.05, 4.69) is 120 Å². The number of anilines is 1. The van der Waals surface area contributed by atoms with Gasteiger partial charge in [-0.05, 0) is 94.5 Å². The van der Waals surface area contributed by atoms with Gasteiger partial charge in [-0.2, -0.15) is 0 Å². The number of aliphatic imine (C=N–C) groups is 1. The van der Waals surface area contributed by atoms with Gasteiger partial charge in [0, 0.05) is 24.1 Å². The van der Waals surface area contributed by atoms with Crippen molar-refractivity contribution in [2.45, 2.75) is 25.6 Å². The molecule has 1 aliphatic rings. The number of hydrogen-bond acceptors (Lipinski definition) is 10. The molecule has 10 rings (SSSR count). The SMILES string of the molecule is O=C(OCc1ccc(-c2ccc([P+](c3ccccc3)(c3ccccc3)c3ccccc3)cc2)cc1)c1cc2c([nH]1)C(c1ccc([N+](=O)[O-])cc1)=N[C@@H](Cc1ccccc1)C(=O)N2Cc1ccccc1.[O-][Cl+3]([O-])([O-])[O-]. The predicted octanol–water partition coefficient (Wildman–Crippen LogP) is 5.81. The molecule has 0 unspecified atom stereocenters. The highest BCUT2D eigenvalue weighted by atomic mass is 35.7. The summed E-state index contributed by atoms with van der Waals surface area (Å²) < 4.78 is 39.9. The zero-order valence-corrected chi connectivity index (χ0v) is 41.1. The Morgan fingerprint density at radius 2 is 1.01 bits per heavy atom. The van der Waals surface area contributed by atoms with Gasteiger partial charge in [-0.15, -0.1) is 10.2 Å². The van der Waals surface area contributed by atoms with Crippen molar-refractivity contribution >= 4 is 57.4 Å². The highest BCUT2D eigenvalue weighted by Gasteiger charge is 2.47. The maximum atomic E-state index is 14.7. The number of benzene rings is 8. The van der Waals surface area contributed by atoms with Crippen molar-refractivity contribution < 1.29 is 48.1 Å². The summed E-state index contributed by atoms with van der Waals surface area (Å²) >= 11 is 0. The molecule has 0 radical (unpaired) electrons. The lowest BCUT2D eigenvalue weighted by atomic mass is 10.0.